The maximum absolute atomic E-state index is 12.9. The molecule has 0 bridgehead atoms. The summed E-state index contributed by atoms with van der Waals surface area (Å²) in [6.45, 7) is 6.32. The van der Waals surface area contributed by atoms with Gasteiger partial charge >= 0.3 is 0 Å². The molecule has 1 amide bonds. The van der Waals surface area contributed by atoms with E-state index in [1.807, 2.05) is 67.4 Å². The molecule has 0 saturated carbocycles. The third-order valence-electron chi connectivity index (χ3n) is 6.26. The third kappa shape index (κ3) is 9.44. The molecule has 0 aliphatic carbocycles. The van der Waals surface area contributed by atoms with Crippen molar-refractivity contribution in [2.24, 2.45) is 0 Å². The minimum atomic E-state index is -0.254. The maximum atomic E-state index is 12.9. The largest absolute Gasteiger partial charge is 0.380 e. The highest BCUT2D eigenvalue weighted by Crippen LogP contribution is 2.27. The highest BCUT2D eigenvalue weighted by molar-refractivity contribution is 6.35. The Morgan fingerprint density at radius 2 is 1.72 bits per heavy atom. The van der Waals surface area contributed by atoms with Crippen LogP contribution in [0.25, 0.3) is 11.1 Å². The topological polar surface area (TPSA) is 73.2 Å². The highest BCUT2D eigenvalue weighted by atomic mass is 35.5. The fourth-order valence-corrected chi connectivity index (χ4v) is 4.68. The van der Waals surface area contributed by atoms with E-state index in [1.165, 1.54) is 0 Å². The van der Waals surface area contributed by atoms with Crippen LogP contribution in [0.5, 0.6) is 0 Å². The molecule has 0 spiro atoms. The van der Waals surface area contributed by atoms with Gasteiger partial charge in [-0.25, -0.2) is 0 Å². The first-order valence-electron chi connectivity index (χ1n) is 12.6. The first kappa shape index (κ1) is 29.7. The van der Waals surface area contributed by atoms with E-state index < -0.39 is 0 Å². The smallest absolute Gasteiger partial charge is 0.228 e. The van der Waals surface area contributed by atoms with E-state index in [0.29, 0.717) is 34.3 Å². The molecule has 0 saturated heterocycles. The molecule has 5 nitrogen and oxygen atoms in total. The molecule has 39 heavy (non-hydrogen) atoms. The van der Waals surface area contributed by atoms with E-state index in [0.717, 1.165) is 22.3 Å². The van der Waals surface area contributed by atoms with Gasteiger partial charge in [0.1, 0.15) is 5.78 Å². The molecular formula is C32H31Cl2N3O2. The number of carbonyl (C=O) groups is 2. The van der Waals surface area contributed by atoms with E-state index in [2.05, 4.69) is 18.0 Å². The minimum Gasteiger partial charge on any atom is -0.380 e. The van der Waals surface area contributed by atoms with Crippen molar-refractivity contribution in [2.45, 2.75) is 32.1 Å². The third-order valence-corrected chi connectivity index (χ3v) is 6.70. The number of anilines is 1. The Hall–Kier alpha value is -3.85. The fraction of sp³-hybridized carbons (Fsp3) is 0.219. The molecule has 0 aliphatic heterocycles. The maximum Gasteiger partial charge on any atom is 0.228 e. The van der Waals surface area contributed by atoms with Crippen LogP contribution in [-0.2, 0) is 9.59 Å². The van der Waals surface area contributed by atoms with Crippen LogP contribution in [0.2, 0.25) is 10.0 Å². The average molecular weight is 561 g/mol. The lowest BCUT2D eigenvalue weighted by Gasteiger charge is -2.15. The number of amides is 1. The summed E-state index contributed by atoms with van der Waals surface area (Å²) in [4.78, 5) is 27.6. The molecule has 0 fully saturated rings. The van der Waals surface area contributed by atoms with Crippen molar-refractivity contribution in [3.63, 3.8) is 0 Å². The van der Waals surface area contributed by atoms with Crippen LogP contribution < -0.4 is 5.32 Å². The number of nitrogens with zero attached hydrogens (tertiary/aromatic N) is 2. The van der Waals surface area contributed by atoms with Crippen LogP contribution in [0.1, 0.15) is 43.2 Å². The van der Waals surface area contributed by atoms with Gasteiger partial charge in [-0.15, -0.1) is 0 Å². The second-order valence-corrected chi connectivity index (χ2v) is 10.3. The number of allylic oxidation sites excluding steroid dienone is 1. The van der Waals surface area contributed by atoms with E-state index in [-0.39, 0.29) is 30.4 Å². The number of nitrogens with one attached hydrogen (secondary N) is 1. The van der Waals surface area contributed by atoms with Gasteiger partial charge in [0.2, 0.25) is 5.91 Å². The molecule has 3 aromatic carbocycles. The number of Topliss-reactive ketones (excluding diaryl/α,β-unsaturated/α-hetero) is 1. The van der Waals surface area contributed by atoms with Gasteiger partial charge in [0.05, 0.1) is 11.6 Å². The van der Waals surface area contributed by atoms with Crippen LogP contribution in [0.15, 0.2) is 91.2 Å². The molecule has 200 valence electrons. The summed E-state index contributed by atoms with van der Waals surface area (Å²) in [7, 11) is 1.86. The zero-order chi connectivity index (χ0) is 28.4. The lowest BCUT2D eigenvalue weighted by atomic mass is 9.93. The minimum absolute atomic E-state index is 0.0310. The van der Waals surface area contributed by atoms with Crippen molar-refractivity contribution in [2.75, 3.05) is 18.9 Å². The Bertz CT molecular complexity index is 1390. The van der Waals surface area contributed by atoms with Crippen LogP contribution in [0.3, 0.4) is 0 Å². The summed E-state index contributed by atoms with van der Waals surface area (Å²) < 4.78 is 0. The lowest BCUT2D eigenvalue weighted by Crippen LogP contribution is -2.17. The van der Waals surface area contributed by atoms with Crippen molar-refractivity contribution < 1.29 is 9.59 Å². The Morgan fingerprint density at radius 1 is 1.03 bits per heavy atom. The SMILES string of the molecule is C=CN(C)CCC(=O)C/C(=C/[C@@H](C)c1ccc(-c2cccc(C#N)c2)cc1)CC(=O)Nc1cc(Cl)cc(Cl)c1. The van der Waals surface area contributed by atoms with E-state index in [4.69, 9.17) is 23.2 Å². The molecular weight excluding hydrogens is 529 g/mol. The van der Waals surface area contributed by atoms with Gasteiger partial charge in [-0.2, -0.15) is 5.26 Å². The highest BCUT2D eigenvalue weighted by Gasteiger charge is 2.15. The van der Waals surface area contributed by atoms with Crippen molar-refractivity contribution in [1.82, 2.24) is 4.90 Å². The van der Waals surface area contributed by atoms with Crippen LogP contribution in [-0.4, -0.2) is 30.2 Å². The average Bonchev–Trinajstić information content (AvgIpc) is 2.91. The standard InChI is InChI=1S/C32H31Cl2N3O2/c1-4-37(3)13-12-31(38)16-24(17-32(39)36-30-19-28(33)18-29(34)20-30)14-22(2)25-8-10-26(11-9-25)27-7-5-6-23(15-27)21-35/h4-11,14-15,18-20,22H,1,12-13,16-17H2,2-3H3,(H,36,39)/b24-14-/t22-/m1/s1. The molecule has 3 aromatic rings. The van der Waals surface area contributed by atoms with Crippen molar-refractivity contribution >= 4 is 40.6 Å². The van der Waals surface area contributed by atoms with Crippen LogP contribution in [0.4, 0.5) is 5.69 Å². The predicted octanol–water partition coefficient (Wildman–Crippen LogP) is 8.02. The summed E-state index contributed by atoms with van der Waals surface area (Å²) in [6.07, 6.45) is 4.27. The molecule has 7 heteroatoms. The molecule has 3 rings (SSSR count). The molecule has 0 aliphatic rings. The molecule has 0 radical (unpaired) electrons. The summed E-state index contributed by atoms with van der Waals surface area (Å²) in [5.74, 6) is -0.236. The normalized spacial score (nSPS) is 11.8. The zero-order valence-corrected chi connectivity index (χ0v) is 23.6. The summed E-state index contributed by atoms with van der Waals surface area (Å²) >= 11 is 12.1. The number of ketones is 1. The van der Waals surface area contributed by atoms with Gasteiger partial charge in [-0.05, 0) is 59.1 Å². The summed E-state index contributed by atoms with van der Waals surface area (Å²) in [6, 6.07) is 22.6. The Kier molecular flexibility index (Phi) is 10.9. The Morgan fingerprint density at radius 3 is 2.36 bits per heavy atom. The van der Waals surface area contributed by atoms with Gasteiger partial charge in [-0.1, -0.05) is 84.8 Å². The second-order valence-electron chi connectivity index (χ2n) is 9.44. The molecule has 0 unspecified atom stereocenters. The number of benzene rings is 3. The first-order valence-corrected chi connectivity index (χ1v) is 13.3. The number of hydrogen-bond donors (Lipinski definition) is 1. The Balaban J connectivity index is 1.78. The molecule has 0 aromatic heterocycles. The second kappa shape index (κ2) is 14.3. The van der Waals surface area contributed by atoms with Crippen LogP contribution in [0, 0.1) is 11.3 Å². The summed E-state index contributed by atoms with van der Waals surface area (Å²) in [5.41, 5.74) is 4.88. The van der Waals surface area contributed by atoms with Crippen molar-refractivity contribution in [1.29, 1.82) is 5.26 Å². The number of nitriles is 1. The molecule has 1 N–H and O–H groups in total. The predicted molar refractivity (Wildman–Crippen MR) is 160 cm³/mol. The number of hydrogen-bond acceptors (Lipinski definition) is 4. The van der Waals surface area contributed by atoms with Crippen molar-refractivity contribution in [3.05, 3.63) is 112 Å². The lowest BCUT2D eigenvalue weighted by molar-refractivity contribution is -0.118. The van der Waals surface area contributed by atoms with Gasteiger partial charge in [0.15, 0.2) is 0 Å². The number of halogens is 2. The van der Waals surface area contributed by atoms with E-state index in [1.54, 1.807) is 30.5 Å². The molecule has 1 atom stereocenters. The quantitative estimate of drug-likeness (QED) is 0.228. The van der Waals surface area contributed by atoms with Gasteiger partial charge in [-0.3, -0.25) is 9.59 Å². The zero-order valence-electron chi connectivity index (χ0n) is 22.1. The van der Waals surface area contributed by atoms with E-state index >= 15 is 0 Å². The van der Waals surface area contributed by atoms with Crippen molar-refractivity contribution in [3.8, 4) is 17.2 Å². The van der Waals surface area contributed by atoms with Gasteiger partial charge < -0.3 is 10.2 Å². The molecule has 0 heterocycles. The number of carbonyl (C=O) groups excluding carboxylic acids is 2. The fourth-order valence-electron chi connectivity index (χ4n) is 4.15. The summed E-state index contributed by atoms with van der Waals surface area (Å²) in [5, 5.41) is 12.9. The van der Waals surface area contributed by atoms with E-state index in [9.17, 15) is 14.9 Å². The van der Waals surface area contributed by atoms with Gasteiger partial charge in [0.25, 0.3) is 0 Å². The number of rotatable bonds is 12. The first-order chi connectivity index (χ1) is 18.7. The van der Waals surface area contributed by atoms with Gasteiger partial charge in [0, 0.05) is 48.6 Å². The monoisotopic (exact) mass is 559 g/mol. The van der Waals surface area contributed by atoms with Crippen LogP contribution >= 0.6 is 23.2 Å². The Labute approximate surface area is 240 Å².